The molecule has 0 bridgehead atoms. The van der Waals surface area contributed by atoms with Crippen molar-refractivity contribution in [2.75, 3.05) is 5.32 Å². The number of nitrogens with one attached hydrogen (secondary N) is 2. The van der Waals surface area contributed by atoms with E-state index >= 15 is 0 Å². The van der Waals surface area contributed by atoms with Crippen LogP contribution in [0.4, 0.5) is 10.5 Å². The number of benzene rings is 2. The third-order valence-corrected chi connectivity index (χ3v) is 4.64. The summed E-state index contributed by atoms with van der Waals surface area (Å²) in [5, 5.41) is 14.8. The molecule has 0 aliphatic heterocycles. The van der Waals surface area contributed by atoms with E-state index in [2.05, 4.69) is 10.6 Å². The van der Waals surface area contributed by atoms with E-state index in [0.717, 1.165) is 16.8 Å². The number of carbonyl (C=O) groups excluding carboxylic acids is 1. The van der Waals surface area contributed by atoms with Crippen molar-refractivity contribution in [3.8, 4) is 11.1 Å². The predicted molar refractivity (Wildman–Crippen MR) is 97.4 cm³/mol. The normalized spacial score (nSPS) is 19.8. The maximum atomic E-state index is 12.2. The molecule has 0 saturated heterocycles. The van der Waals surface area contributed by atoms with Gasteiger partial charge in [0.05, 0.1) is 5.92 Å². The zero-order valence-electron chi connectivity index (χ0n) is 13.9. The Labute approximate surface area is 147 Å². The summed E-state index contributed by atoms with van der Waals surface area (Å²) in [4.78, 5) is 23.2. The van der Waals surface area contributed by atoms with E-state index in [-0.39, 0.29) is 18.0 Å². The Morgan fingerprint density at radius 1 is 0.880 bits per heavy atom. The summed E-state index contributed by atoms with van der Waals surface area (Å²) in [6.07, 6.45) is 2.64. The Hall–Kier alpha value is -2.82. The van der Waals surface area contributed by atoms with Gasteiger partial charge in [0.1, 0.15) is 0 Å². The lowest BCUT2D eigenvalue weighted by atomic mass is 9.86. The molecule has 2 aromatic carbocycles. The maximum absolute atomic E-state index is 12.2. The number of carboxylic acids is 1. The highest BCUT2D eigenvalue weighted by Crippen LogP contribution is 2.25. The number of anilines is 1. The summed E-state index contributed by atoms with van der Waals surface area (Å²) >= 11 is 0. The Balaban J connectivity index is 1.56. The third-order valence-electron chi connectivity index (χ3n) is 4.64. The van der Waals surface area contributed by atoms with Gasteiger partial charge >= 0.3 is 12.0 Å². The lowest BCUT2D eigenvalue weighted by Gasteiger charge is -2.26. The first kappa shape index (κ1) is 17.0. The zero-order valence-corrected chi connectivity index (χ0v) is 13.9. The molecule has 1 fully saturated rings. The highest BCUT2D eigenvalue weighted by molar-refractivity contribution is 5.90. The smallest absolute Gasteiger partial charge is 0.319 e. The van der Waals surface area contributed by atoms with E-state index < -0.39 is 5.97 Å². The fourth-order valence-corrected chi connectivity index (χ4v) is 3.24. The second-order valence-corrected chi connectivity index (χ2v) is 6.43. The minimum Gasteiger partial charge on any atom is -0.481 e. The van der Waals surface area contributed by atoms with E-state index in [1.807, 2.05) is 54.6 Å². The summed E-state index contributed by atoms with van der Waals surface area (Å²) in [7, 11) is 0. The van der Waals surface area contributed by atoms with Crippen LogP contribution in [0.2, 0.25) is 0 Å². The monoisotopic (exact) mass is 338 g/mol. The van der Waals surface area contributed by atoms with Crippen LogP contribution in [0.5, 0.6) is 0 Å². The fraction of sp³-hybridized carbons (Fsp3) is 0.300. The molecule has 2 aromatic rings. The van der Waals surface area contributed by atoms with Gasteiger partial charge in [-0.15, -0.1) is 0 Å². The van der Waals surface area contributed by atoms with Gasteiger partial charge in [-0.25, -0.2) is 4.79 Å². The molecule has 130 valence electrons. The van der Waals surface area contributed by atoms with Gasteiger partial charge in [0.25, 0.3) is 0 Å². The van der Waals surface area contributed by atoms with Gasteiger partial charge in [0.2, 0.25) is 0 Å². The van der Waals surface area contributed by atoms with Crippen LogP contribution < -0.4 is 10.6 Å². The van der Waals surface area contributed by atoms with E-state index in [4.69, 9.17) is 5.11 Å². The summed E-state index contributed by atoms with van der Waals surface area (Å²) in [5.41, 5.74) is 2.87. The summed E-state index contributed by atoms with van der Waals surface area (Å²) in [6.45, 7) is 0. The number of amides is 2. The standard InChI is InChI=1S/C20H22N2O3/c23-19(24)15-9-11-17(12-10-15)21-20(25)22-18-8-4-7-16(13-18)14-5-2-1-3-6-14/h1-8,13,15,17H,9-12H2,(H,23,24)(H2,21,22,25). The first-order valence-electron chi connectivity index (χ1n) is 8.57. The lowest BCUT2D eigenvalue weighted by molar-refractivity contribution is -0.142. The number of carbonyl (C=O) groups is 2. The van der Waals surface area contributed by atoms with Gasteiger partial charge in [-0.3, -0.25) is 4.79 Å². The average Bonchev–Trinajstić information content (AvgIpc) is 2.63. The fourth-order valence-electron chi connectivity index (χ4n) is 3.24. The minimum atomic E-state index is -0.736. The van der Waals surface area contributed by atoms with Crippen LogP contribution in [0.1, 0.15) is 25.7 Å². The van der Waals surface area contributed by atoms with Crippen LogP contribution in [0.15, 0.2) is 54.6 Å². The number of aliphatic carboxylic acids is 1. The molecule has 2 amide bonds. The van der Waals surface area contributed by atoms with Crippen molar-refractivity contribution in [1.82, 2.24) is 5.32 Å². The van der Waals surface area contributed by atoms with Crippen LogP contribution in [0.25, 0.3) is 11.1 Å². The van der Waals surface area contributed by atoms with Gasteiger partial charge in [-0.1, -0.05) is 42.5 Å². The van der Waals surface area contributed by atoms with E-state index in [9.17, 15) is 9.59 Å². The number of hydrogen-bond donors (Lipinski definition) is 3. The van der Waals surface area contributed by atoms with Crippen LogP contribution >= 0.6 is 0 Å². The lowest BCUT2D eigenvalue weighted by Crippen LogP contribution is -2.40. The molecule has 3 rings (SSSR count). The number of rotatable bonds is 4. The van der Waals surface area contributed by atoms with Crippen LogP contribution in [-0.2, 0) is 4.79 Å². The molecule has 0 atom stereocenters. The first-order valence-corrected chi connectivity index (χ1v) is 8.57. The molecule has 3 N–H and O–H groups in total. The highest BCUT2D eigenvalue weighted by atomic mass is 16.4. The topological polar surface area (TPSA) is 78.4 Å². The van der Waals surface area contributed by atoms with Gasteiger partial charge < -0.3 is 15.7 Å². The van der Waals surface area contributed by atoms with Crippen molar-refractivity contribution in [2.24, 2.45) is 5.92 Å². The second-order valence-electron chi connectivity index (χ2n) is 6.43. The van der Waals surface area contributed by atoms with Gasteiger partial charge in [0.15, 0.2) is 0 Å². The highest BCUT2D eigenvalue weighted by Gasteiger charge is 2.26. The Morgan fingerprint density at radius 2 is 1.56 bits per heavy atom. The van der Waals surface area contributed by atoms with Gasteiger partial charge in [-0.05, 0) is 48.9 Å². The Kier molecular flexibility index (Phi) is 5.33. The molecular weight excluding hydrogens is 316 g/mol. The van der Waals surface area contributed by atoms with Crippen molar-refractivity contribution in [1.29, 1.82) is 0 Å². The molecule has 1 aliphatic rings. The molecule has 0 aromatic heterocycles. The van der Waals surface area contributed by atoms with E-state index in [0.29, 0.717) is 25.7 Å². The number of urea groups is 1. The average molecular weight is 338 g/mol. The van der Waals surface area contributed by atoms with Crippen molar-refractivity contribution in [2.45, 2.75) is 31.7 Å². The quantitative estimate of drug-likeness (QED) is 0.785. The van der Waals surface area contributed by atoms with Crippen molar-refractivity contribution in [3.05, 3.63) is 54.6 Å². The van der Waals surface area contributed by atoms with Gasteiger partial charge in [0, 0.05) is 11.7 Å². The molecule has 25 heavy (non-hydrogen) atoms. The summed E-state index contributed by atoms with van der Waals surface area (Å²) in [6, 6.07) is 17.5. The van der Waals surface area contributed by atoms with Gasteiger partial charge in [-0.2, -0.15) is 0 Å². The molecule has 1 saturated carbocycles. The van der Waals surface area contributed by atoms with Crippen LogP contribution in [0, 0.1) is 5.92 Å². The Morgan fingerprint density at radius 3 is 2.24 bits per heavy atom. The van der Waals surface area contributed by atoms with Crippen molar-refractivity contribution >= 4 is 17.7 Å². The molecule has 5 nitrogen and oxygen atoms in total. The summed E-state index contributed by atoms with van der Waals surface area (Å²) < 4.78 is 0. The van der Waals surface area contributed by atoms with Crippen LogP contribution in [0.3, 0.4) is 0 Å². The van der Waals surface area contributed by atoms with E-state index in [1.54, 1.807) is 0 Å². The zero-order chi connectivity index (χ0) is 17.6. The molecular formula is C20H22N2O3. The van der Waals surface area contributed by atoms with E-state index in [1.165, 1.54) is 0 Å². The largest absolute Gasteiger partial charge is 0.481 e. The molecule has 0 unspecified atom stereocenters. The summed E-state index contributed by atoms with van der Waals surface area (Å²) in [5.74, 6) is -1.01. The number of carboxylic acid groups (broad SMARTS) is 1. The SMILES string of the molecule is O=C(Nc1cccc(-c2ccccc2)c1)NC1CCC(C(=O)O)CC1. The van der Waals surface area contributed by atoms with Crippen molar-refractivity contribution < 1.29 is 14.7 Å². The number of hydrogen-bond acceptors (Lipinski definition) is 2. The second kappa shape index (κ2) is 7.83. The van der Waals surface area contributed by atoms with Crippen LogP contribution in [-0.4, -0.2) is 23.1 Å². The first-order chi connectivity index (χ1) is 12.1. The molecule has 0 spiro atoms. The molecule has 5 heteroatoms. The maximum Gasteiger partial charge on any atom is 0.319 e. The predicted octanol–water partition coefficient (Wildman–Crippen LogP) is 4.12. The third kappa shape index (κ3) is 4.59. The van der Waals surface area contributed by atoms with Crippen molar-refractivity contribution in [3.63, 3.8) is 0 Å². The molecule has 0 heterocycles. The minimum absolute atomic E-state index is 0.0351. The molecule has 1 aliphatic carbocycles. The molecule has 0 radical (unpaired) electrons. The Bertz CT molecular complexity index is 738.